The second-order valence-corrected chi connectivity index (χ2v) is 4.07. The van der Waals surface area contributed by atoms with Crippen LogP contribution in [0.2, 0.25) is 0 Å². The van der Waals surface area contributed by atoms with E-state index in [4.69, 9.17) is 0 Å². The number of rotatable bonds is 5. The summed E-state index contributed by atoms with van der Waals surface area (Å²) in [5, 5.41) is 10.8. The molecule has 0 radical (unpaired) electrons. The van der Waals surface area contributed by atoms with Gasteiger partial charge in [-0.05, 0) is 18.0 Å². The fourth-order valence-electron chi connectivity index (χ4n) is 1.18. The molecule has 19 heavy (non-hydrogen) atoms. The highest BCUT2D eigenvalue weighted by Gasteiger charge is 2.14. The summed E-state index contributed by atoms with van der Waals surface area (Å²) in [6, 6.07) is 6.82. The van der Waals surface area contributed by atoms with Crippen molar-refractivity contribution in [3.05, 3.63) is 34.4 Å². The van der Waals surface area contributed by atoms with E-state index in [1.807, 2.05) is 47.6 Å². The van der Waals surface area contributed by atoms with E-state index in [2.05, 4.69) is 4.31 Å². The highest BCUT2D eigenvalue weighted by atomic mass is 32.2. The number of hydrogen-bond donors (Lipinski definition) is 0. The van der Waals surface area contributed by atoms with Gasteiger partial charge < -0.3 is 0 Å². The zero-order chi connectivity index (χ0) is 15.3. The Labute approximate surface area is 121 Å². The molecule has 1 rings (SSSR count). The zero-order valence-electron chi connectivity index (χ0n) is 12.8. The number of benzene rings is 1. The third-order valence-corrected chi connectivity index (χ3v) is 3.31. The molecule has 110 valence electrons. The van der Waals surface area contributed by atoms with Crippen molar-refractivity contribution in [1.82, 2.24) is 4.31 Å². The van der Waals surface area contributed by atoms with E-state index < -0.39 is 0 Å². The molecule has 0 saturated carbocycles. The van der Waals surface area contributed by atoms with Gasteiger partial charge >= 0.3 is 0 Å². The standard InChI is InChI=1S/C10H14N2O2S.2C2H6/c1-3-11(4-2)15-10-8-6-5-7-9(10)12(13)14;2*1-2/h5-8H,3-4H2,1-2H3;2*1-2H3. The first-order chi connectivity index (χ1) is 9.19. The molecule has 4 nitrogen and oxygen atoms in total. The molecule has 5 heteroatoms. The van der Waals surface area contributed by atoms with Gasteiger partial charge in [0.2, 0.25) is 0 Å². The van der Waals surface area contributed by atoms with Gasteiger partial charge in [-0.3, -0.25) is 10.1 Å². The summed E-state index contributed by atoms with van der Waals surface area (Å²) in [6.45, 7) is 13.8. The first-order valence-electron chi connectivity index (χ1n) is 6.85. The van der Waals surface area contributed by atoms with Crippen LogP contribution in [0.1, 0.15) is 41.5 Å². The molecule has 0 aromatic heterocycles. The SMILES string of the molecule is CC.CC.CCN(CC)Sc1ccccc1[N+](=O)[O-]. The molecule has 0 aliphatic carbocycles. The summed E-state index contributed by atoms with van der Waals surface area (Å²) < 4.78 is 2.07. The number of para-hydroxylation sites is 1. The van der Waals surface area contributed by atoms with Crippen molar-refractivity contribution in [2.75, 3.05) is 13.1 Å². The quantitative estimate of drug-likeness (QED) is 0.434. The van der Waals surface area contributed by atoms with Crippen molar-refractivity contribution < 1.29 is 4.92 Å². The molecular weight excluding hydrogens is 260 g/mol. The van der Waals surface area contributed by atoms with Crippen LogP contribution in [-0.2, 0) is 0 Å². The molecule has 0 aliphatic rings. The molecule has 1 aromatic rings. The summed E-state index contributed by atoms with van der Waals surface area (Å²) in [6.07, 6.45) is 0. The summed E-state index contributed by atoms with van der Waals surface area (Å²) in [7, 11) is 0. The normalized spacial score (nSPS) is 9.00. The molecule has 0 aliphatic heterocycles. The van der Waals surface area contributed by atoms with Gasteiger partial charge in [-0.15, -0.1) is 0 Å². The summed E-state index contributed by atoms with van der Waals surface area (Å²) in [5.74, 6) is 0. The minimum Gasteiger partial charge on any atom is -0.258 e. The highest BCUT2D eigenvalue weighted by molar-refractivity contribution is 7.97. The van der Waals surface area contributed by atoms with Gasteiger partial charge in [0, 0.05) is 19.2 Å². The fourth-order valence-corrected chi connectivity index (χ4v) is 2.09. The lowest BCUT2D eigenvalue weighted by atomic mass is 10.3. The maximum Gasteiger partial charge on any atom is 0.284 e. The fraction of sp³-hybridized carbons (Fsp3) is 0.571. The first-order valence-corrected chi connectivity index (χ1v) is 7.62. The number of nitro benzene ring substituents is 1. The number of hydrogen-bond acceptors (Lipinski definition) is 4. The van der Waals surface area contributed by atoms with E-state index in [-0.39, 0.29) is 10.6 Å². The van der Waals surface area contributed by atoms with Crippen LogP contribution in [0, 0.1) is 10.1 Å². The van der Waals surface area contributed by atoms with E-state index in [0.29, 0.717) is 4.90 Å². The molecule has 0 unspecified atom stereocenters. The lowest BCUT2D eigenvalue weighted by Gasteiger charge is -2.16. The maximum absolute atomic E-state index is 10.8. The molecule has 0 fully saturated rings. The van der Waals surface area contributed by atoms with E-state index in [1.54, 1.807) is 12.1 Å². The third kappa shape index (κ3) is 7.85. The van der Waals surface area contributed by atoms with Crippen LogP contribution in [-0.4, -0.2) is 22.3 Å². The van der Waals surface area contributed by atoms with Crippen molar-refractivity contribution in [1.29, 1.82) is 0 Å². The third-order valence-electron chi connectivity index (χ3n) is 1.99. The Hall–Kier alpha value is -1.07. The first kappa shape index (κ1) is 20.3. The van der Waals surface area contributed by atoms with Crippen LogP contribution in [0.4, 0.5) is 5.69 Å². The van der Waals surface area contributed by atoms with Gasteiger partial charge in [0.1, 0.15) is 4.90 Å². The van der Waals surface area contributed by atoms with Crippen molar-refractivity contribution >= 4 is 17.6 Å². The highest BCUT2D eigenvalue weighted by Crippen LogP contribution is 2.30. The predicted octanol–water partition coefficient (Wildman–Crippen LogP) is 5.00. The topological polar surface area (TPSA) is 46.4 Å². The lowest BCUT2D eigenvalue weighted by molar-refractivity contribution is -0.387. The predicted molar refractivity (Wildman–Crippen MR) is 84.6 cm³/mol. The van der Waals surface area contributed by atoms with Crippen LogP contribution >= 0.6 is 11.9 Å². The minimum absolute atomic E-state index is 0.175. The molecule has 0 N–H and O–H groups in total. The van der Waals surface area contributed by atoms with Gasteiger partial charge in [-0.25, -0.2) is 4.31 Å². The van der Waals surface area contributed by atoms with Crippen molar-refractivity contribution in [2.24, 2.45) is 0 Å². The Bertz CT molecular complexity index is 342. The smallest absolute Gasteiger partial charge is 0.258 e. The maximum atomic E-state index is 10.8. The molecule has 0 atom stereocenters. The van der Waals surface area contributed by atoms with Crippen LogP contribution in [0.25, 0.3) is 0 Å². The van der Waals surface area contributed by atoms with Crippen LogP contribution in [0.3, 0.4) is 0 Å². The van der Waals surface area contributed by atoms with Gasteiger partial charge in [0.05, 0.1) is 4.92 Å². The summed E-state index contributed by atoms with van der Waals surface area (Å²) >= 11 is 1.44. The van der Waals surface area contributed by atoms with Crippen LogP contribution in [0.15, 0.2) is 29.2 Å². The largest absolute Gasteiger partial charge is 0.284 e. The average Bonchev–Trinajstić information content (AvgIpc) is 2.49. The second kappa shape index (κ2) is 13.4. The summed E-state index contributed by atoms with van der Waals surface area (Å²) in [4.78, 5) is 11.1. The van der Waals surface area contributed by atoms with Crippen LogP contribution in [0.5, 0.6) is 0 Å². The molecular formula is C14H26N2O2S. The van der Waals surface area contributed by atoms with Crippen molar-refractivity contribution in [3.63, 3.8) is 0 Å². The van der Waals surface area contributed by atoms with Gasteiger partial charge in [0.15, 0.2) is 0 Å². The Balaban J connectivity index is 0. The lowest BCUT2D eigenvalue weighted by Crippen LogP contribution is -2.13. The minimum atomic E-state index is -0.341. The van der Waals surface area contributed by atoms with E-state index in [0.717, 1.165) is 13.1 Å². The Morgan fingerprint density at radius 1 is 1.11 bits per heavy atom. The molecule has 0 amide bonds. The number of nitro groups is 1. The molecule has 0 saturated heterocycles. The molecule has 0 heterocycles. The Morgan fingerprint density at radius 3 is 2.00 bits per heavy atom. The van der Waals surface area contributed by atoms with E-state index in [9.17, 15) is 10.1 Å². The zero-order valence-corrected chi connectivity index (χ0v) is 13.7. The van der Waals surface area contributed by atoms with E-state index in [1.165, 1.54) is 18.0 Å². The van der Waals surface area contributed by atoms with Gasteiger partial charge in [-0.2, -0.15) is 0 Å². The summed E-state index contributed by atoms with van der Waals surface area (Å²) in [5.41, 5.74) is 0.175. The number of nitrogens with zero attached hydrogens (tertiary/aromatic N) is 2. The molecule has 1 aromatic carbocycles. The van der Waals surface area contributed by atoms with Gasteiger partial charge in [0.25, 0.3) is 5.69 Å². The van der Waals surface area contributed by atoms with Crippen LogP contribution < -0.4 is 0 Å². The average molecular weight is 286 g/mol. The molecule has 0 spiro atoms. The van der Waals surface area contributed by atoms with Crippen molar-refractivity contribution in [2.45, 2.75) is 46.4 Å². The molecule has 0 bridgehead atoms. The van der Waals surface area contributed by atoms with Gasteiger partial charge in [-0.1, -0.05) is 53.7 Å². The Kier molecular flexibility index (Phi) is 14.2. The van der Waals surface area contributed by atoms with E-state index >= 15 is 0 Å². The van der Waals surface area contributed by atoms with Crippen molar-refractivity contribution in [3.8, 4) is 0 Å². The Morgan fingerprint density at radius 2 is 1.58 bits per heavy atom. The monoisotopic (exact) mass is 286 g/mol. The second-order valence-electron chi connectivity index (χ2n) is 2.93.